The summed E-state index contributed by atoms with van der Waals surface area (Å²) in [5, 5.41) is 3.40. The second-order valence-corrected chi connectivity index (χ2v) is 6.41. The van der Waals surface area contributed by atoms with Gasteiger partial charge in [0.15, 0.2) is 0 Å². The fourth-order valence-corrected chi connectivity index (χ4v) is 3.04. The fourth-order valence-electron chi connectivity index (χ4n) is 3.04. The minimum atomic E-state index is -0.00851. The van der Waals surface area contributed by atoms with Gasteiger partial charge in [0.25, 0.3) is 0 Å². The lowest BCUT2D eigenvalue weighted by Gasteiger charge is -2.49. The van der Waals surface area contributed by atoms with Crippen molar-refractivity contribution >= 4 is 0 Å². The van der Waals surface area contributed by atoms with E-state index in [9.17, 15) is 0 Å². The van der Waals surface area contributed by atoms with Gasteiger partial charge in [0.1, 0.15) is 11.4 Å². The summed E-state index contributed by atoms with van der Waals surface area (Å²) >= 11 is 0. The average Bonchev–Trinajstić information content (AvgIpc) is 2.35. The Kier molecular flexibility index (Phi) is 3.27. The summed E-state index contributed by atoms with van der Waals surface area (Å²) in [5.74, 6) is 1.03. The Morgan fingerprint density at radius 1 is 1.26 bits per heavy atom. The monoisotopic (exact) mass is 260 g/mol. The normalized spacial score (nSPS) is 21.9. The highest BCUT2D eigenvalue weighted by atomic mass is 16.5. The maximum absolute atomic E-state index is 6.22. The molecule has 1 fully saturated rings. The molecule has 2 heterocycles. The third-order valence-corrected chi connectivity index (χ3v) is 4.23. The van der Waals surface area contributed by atoms with E-state index in [0.717, 1.165) is 38.3 Å². The topological polar surface area (TPSA) is 24.5 Å². The van der Waals surface area contributed by atoms with Gasteiger partial charge >= 0.3 is 0 Å². The molecular weight excluding hydrogens is 236 g/mol. The Morgan fingerprint density at radius 3 is 2.79 bits per heavy atom. The first-order valence-electron chi connectivity index (χ1n) is 7.31. The van der Waals surface area contributed by atoms with Crippen LogP contribution in [0.4, 0.5) is 0 Å². The minimum absolute atomic E-state index is 0.00851. The van der Waals surface area contributed by atoms with Crippen molar-refractivity contribution in [3.8, 4) is 5.75 Å². The van der Waals surface area contributed by atoms with Crippen molar-refractivity contribution in [1.29, 1.82) is 0 Å². The summed E-state index contributed by atoms with van der Waals surface area (Å²) in [4.78, 5) is 2.45. The van der Waals surface area contributed by atoms with E-state index in [1.54, 1.807) is 0 Å². The number of nitrogens with one attached hydrogen (secondary N) is 1. The molecular formula is C16H24N2O. The summed E-state index contributed by atoms with van der Waals surface area (Å²) in [7, 11) is 0. The first-order chi connectivity index (χ1) is 9.06. The number of ether oxygens (including phenoxy) is 1. The van der Waals surface area contributed by atoms with Crippen LogP contribution >= 0.6 is 0 Å². The molecule has 0 unspecified atom stereocenters. The zero-order valence-corrected chi connectivity index (χ0v) is 12.2. The van der Waals surface area contributed by atoms with Crippen molar-refractivity contribution in [1.82, 2.24) is 10.2 Å². The van der Waals surface area contributed by atoms with Crippen molar-refractivity contribution < 1.29 is 4.74 Å². The van der Waals surface area contributed by atoms with Crippen LogP contribution in [0.2, 0.25) is 0 Å². The van der Waals surface area contributed by atoms with Crippen LogP contribution in [-0.4, -0.2) is 36.2 Å². The number of nitrogens with zero attached hydrogens (tertiary/aromatic N) is 1. The van der Waals surface area contributed by atoms with Crippen LogP contribution in [-0.2, 0) is 13.0 Å². The van der Waals surface area contributed by atoms with Crippen molar-refractivity contribution in [2.24, 2.45) is 0 Å². The molecule has 0 atom stereocenters. The van der Waals surface area contributed by atoms with Gasteiger partial charge in [0.05, 0.1) is 0 Å². The molecule has 0 aliphatic carbocycles. The molecule has 2 aliphatic rings. The molecule has 0 aromatic heterocycles. The largest absolute Gasteiger partial charge is 0.485 e. The standard InChI is InChI=1S/C16H24N2O/c1-12(2)18-10-16(3,11-18)19-15-5-4-14-9-17-7-6-13(14)8-15/h4-5,8,12,17H,6-7,9-11H2,1-3H3. The van der Waals surface area contributed by atoms with E-state index in [1.165, 1.54) is 11.1 Å². The van der Waals surface area contributed by atoms with Gasteiger partial charge in [-0.2, -0.15) is 0 Å². The van der Waals surface area contributed by atoms with Crippen LogP contribution in [0.1, 0.15) is 31.9 Å². The quantitative estimate of drug-likeness (QED) is 0.901. The Balaban J connectivity index is 1.67. The molecule has 1 aromatic carbocycles. The predicted molar refractivity (Wildman–Crippen MR) is 77.6 cm³/mol. The van der Waals surface area contributed by atoms with E-state index in [-0.39, 0.29) is 5.60 Å². The van der Waals surface area contributed by atoms with Crippen molar-refractivity contribution in [2.45, 2.75) is 45.4 Å². The SMILES string of the molecule is CC(C)N1CC(C)(Oc2ccc3c(c2)CCNC3)C1. The van der Waals surface area contributed by atoms with Gasteiger partial charge in [-0.15, -0.1) is 0 Å². The third kappa shape index (κ3) is 2.63. The van der Waals surface area contributed by atoms with Gasteiger partial charge in [0, 0.05) is 25.7 Å². The molecule has 2 aliphatic heterocycles. The smallest absolute Gasteiger partial charge is 0.131 e. The Hall–Kier alpha value is -1.06. The molecule has 1 aromatic rings. The molecule has 0 bridgehead atoms. The highest BCUT2D eigenvalue weighted by Crippen LogP contribution is 2.30. The zero-order chi connectivity index (χ0) is 13.5. The highest BCUT2D eigenvalue weighted by molar-refractivity contribution is 5.37. The summed E-state index contributed by atoms with van der Waals surface area (Å²) in [6, 6.07) is 7.18. The highest BCUT2D eigenvalue weighted by Gasteiger charge is 2.41. The number of fused-ring (bicyclic) bond motifs is 1. The molecule has 1 saturated heterocycles. The van der Waals surface area contributed by atoms with Gasteiger partial charge in [-0.3, -0.25) is 4.90 Å². The number of hydrogen-bond donors (Lipinski definition) is 1. The number of rotatable bonds is 3. The van der Waals surface area contributed by atoms with Crippen LogP contribution in [0.3, 0.4) is 0 Å². The molecule has 3 rings (SSSR count). The maximum Gasteiger partial charge on any atom is 0.131 e. The minimum Gasteiger partial charge on any atom is -0.485 e. The maximum atomic E-state index is 6.22. The Bertz CT molecular complexity index is 464. The molecule has 0 spiro atoms. The second kappa shape index (κ2) is 4.80. The fraction of sp³-hybridized carbons (Fsp3) is 0.625. The third-order valence-electron chi connectivity index (χ3n) is 4.23. The van der Waals surface area contributed by atoms with Gasteiger partial charge in [-0.25, -0.2) is 0 Å². The average molecular weight is 260 g/mol. The van der Waals surface area contributed by atoms with E-state index < -0.39 is 0 Å². The van der Waals surface area contributed by atoms with Crippen LogP contribution in [0.5, 0.6) is 5.75 Å². The number of benzene rings is 1. The van der Waals surface area contributed by atoms with E-state index in [0.29, 0.717) is 6.04 Å². The molecule has 3 nitrogen and oxygen atoms in total. The van der Waals surface area contributed by atoms with E-state index in [4.69, 9.17) is 4.74 Å². The summed E-state index contributed by atoms with van der Waals surface area (Å²) in [6.45, 7) is 10.8. The first-order valence-corrected chi connectivity index (χ1v) is 7.31. The second-order valence-electron chi connectivity index (χ2n) is 6.41. The van der Waals surface area contributed by atoms with E-state index in [1.807, 2.05) is 0 Å². The first kappa shape index (κ1) is 12.9. The lowest BCUT2D eigenvalue weighted by molar-refractivity contribution is -0.0776. The lowest BCUT2D eigenvalue weighted by atomic mass is 9.94. The van der Waals surface area contributed by atoms with Crippen LogP contribution in [0.25, 0.3) is 0 Å². The van der Waals surface area contributed by atoms with Crippen molar-refractivity contribution in [2.75, 3.05) is 19.6 Å². The Morgan fingerprint density at radius 2 is 2.05 bits per heavy atom. The van der Waals surface area contributed by atoms with Gasteiger partial charge in [0.2, 0.25) is 0 Å². The zero-order valence-electron chi connectivity index (χ0n) is 12.2. The van der Waals surface area contributed by atoms with Gasteiger partial charge in [-0.05, 0) is 57.0 Å². The van der Waals surface area contributed by atoms with Crippen molar-refractivity contribution in [3.05, 3.63) is 29.3 Å². The molecule has 3 heteroatoms. The molecule has 19 heavy (non-hydrogen) atoms. The molecule has 104 valence electrons. The Labute approximate surface area is 115 Å². The lowest BCUT2D eigenvalue weighted by Crippen LogP contribution is -2.64. The van der Waals surface area contributed by atoms with E-state index in [2.05, 4.69) is 49.2 Å². The summed E-state index contributed by atoms with van der Waals surface area (Å²) < 4.78 is 6.22. The number of hydrogen-bond acceptors (Lipinski definition) is 3. The van der Waals surface area contributed by atoms with Crippen LogP contribution < -0.4 is 10.1 Å². The molecule has 0 amide bonds. The van der Waals surface area contributed by atoms with Crippen LogP contribution in [0.15, 0.2) is 18.2 Å². The number of likely N-dealkylation sites (tertiary alicyclic amines) is 1. The molecule has 1 N–H and O–H groups in total. The summed E-state index contributed by atoms with van der Waals surface area (Å²) in [5.41, 5.74) is 2.85. The van der Waals surface area contributed by atoms with Crippen LogP contribution in [0, 0.1) is 0 Å². The molecule has 0 radical (unpaired) electrons. The van der Waals surface area contributed by atoms with Crippen molar-refractivity contribution in [3.63, 3.8) is 0 Å². The molecule has 0 saturated carbocycles. The predicted octanol–water partition coefficient (Wildman–Crippen LogP) is 2.19. The van der Waals surface area contributed by atoms with Gasteiger partial charge in [-0.1, -0.05) is 6.07 Å². The summed E-state index contributed by atoms with van der Waals surface area (Å²) in [6.07, 6.45) is 1.11. The van der Waals surface area contributed by atoms with Gasteiger partial charge < -0.3 is 10.1 Å². The van der Waals surface area contributed by atoms with E-state index >= 15 is 0 Å².